The fourth-order valence-corrected chi connectivity index (χ4v) is 1.68. The topological polar surface area (TPSA) is 108 Å². The van der Waals surface area contributed by atoms with Gasteiger partial charge in [0.25, 0.3) is 5.79 Å². The van der Waals surface area contributed by atoms with Gasteiger partial charge in [0.2, 0.25) is 5.82 Å². The lowest BCUT2D eigenvalue weighted by Gasteiger charge is -2.29. The second-order valence-corrected chi connectivity index (χ2v) is 4.80. The number of nitro groups is 1. The fourth-order valence-electron chi connectivity index (χ4n) is 1.68. The Morgan fingerprint density at radius 3 is 2.36 bits per heavy atom. The van der Waals surface area contributed by atoms with Crippen molar-refractivity contribution in [1.82, 2.24) is 0 Å². The Bertz CT molecular complexity index is 676. The van der Waals surface area contributed by atoms with E-state index in [9.17, 15) is 24.1 Å². The molecule has 1 N–H and O–H groups in total. The number of esters is 2. The SMILES string of the molecule is CC1(C)OC(=O)C(=CNc2ccc([N+](=O)[O-])c(F)c2)C(=O)O1. The molecule has 1 aliphatic rings. The van der Waals surface area contributed by atoms with E-state index in [1.165, 1.54) is 19.9 Å². The van der Waals surface area contributed by atoms with Crippen molar-refractivity contribution in [2.24, 2.45) is 0 Å². The van der Waals surface area contributed by atoms with Crippen molar-refractivity contribution in [3.63, 3.8) is 0 Å². The maximum Gasteiger partial charge on any atom is 0.350 e. The van der Waals surface area contributed by atoms with Crippen molar-refractivity contribution in [1.29, 1.82) is 0 Å². The minimum absolute atomic E-state index is 0.112. The molecule has 0 radical (unpaired) electrons. The number of hydrogen-bond acceptors (Lipinski definition) is 7. The van der Waals surface area contributed by atoms with Gasteiger partial charge in [-0.3, -0.25) is 10.1 Å². The first-order chi connectivity index (χ1) is 10.2. The first-order valence-corrected chi connectivity index (χ1v) is 6.07. The van der Waals surface area contributed by atoms with Crippen molar-refractivity contribution < 1.29 is 28.4 Å². The van der Waals surface area contributed by atoms with Crippen LogP contribution in [0.4, 0.5) is 15.8 Å². The highest BCUT2D eigenvalue weighted by Crippen LogP contribution is 2.24. The van der Waals surface area contributed by atoms with Crippen LogP contribution in [0.15, 0.2) is 30.0 Å². The van der Waals surface area contributed by atoms with Crippen molar-refractivity contribution in [3.8, 4) is 0 Å². The number of nitrogens with one attached hydrogen (secondary N) is 1. The number of carbonyl (C=O) groups excluding carboxylic acids is 2. The van der Waals surface area contributed by atoms with Crippen LogP contribution in [0.3, 0.4) is 0 Å². The van der Waals surface area contributed by atoms with Gasteiger partial charge >= 0.3 is 17.6 Å². The van der Waals surface area contributed by atoms with Crippen LogP contribution >= 0.6 is 0 Å². The van der Waals surface area contributed by atoms with Crippen molar-refractivity contribution in [2.75, 3.05) is 5.32 Å². The van der Waals surface area contributed by atoms with Gasteiger partial charge in [-0.25, -0.2) is 9.59 Å². The van der Waals surface area contributed by atoms with Crippen LogP contribution in [0.5, 0.6) is 0 Å². The van der Waals surface area contributed by atoms with E-state index in [0.29, 0.717) is 0 Å². The van der Waals surface area contributed by atoms with Gasteiger partial charge in [-0.1, -0.05) is 0 Å². The van der Waals surface area contributed by atoms with E-state index in [0.717, 1.165) is 18.3 Å². The smallest absolute Gasteiger partial charge is 0.350 e. The summed E-state index contributed by atoms with van der Waals surface area (Å²) in [5.74, 6) is -4.19. The summed E-state index contributed by atoms with van der Waals surface area (Å²) in [6, 6.07) is 3.04. The molecule has 0 aliphatic carbocycles. The number of benzene rings is 1. The minimum Gasteiger partial charge on any atom is -0.419 e. The van der Waals surface area contributed by atoms with E-state index in [-0.39, 0.29) is 5.69 Å². The van der Waals surface area contributed by atoms with Crippen LogP contribution in [0, 0.1) is 15.9 Å². The largest absolute Gasteiger partial charge is 0.419 e. The van der Waals surface area contributed by atoms with Crippen LogP contribution in [-0.4, -0.2) is 22.6 Å². The van der Waals surface area contributed by atoms with Crippen LogP contribution < -0.4 is 5.32 Å². The summed E-state index contributed by atoms with van der Waals surface area (Å²) in [5.41, 5.74) is -0.976. The van der Waals surface area contributed by atoms with Crippen LogP contribution in [-0.2, 0) is 19.1 Å². The number of cyclic esters (lactones) is 2. The average molecular weight is 310 g/mol. The molecule has 9 heteroatoms. The van der Waals surface area contributed by atoms with Gasteiger partial charge in [0.1, 0.15) is 0 Å². The Morgan fingerprint density at radius 1 is 1.27 bits per heavy atom. The molecule has 0 atom stereocenters. The second kappa shape index (κ2) is 5.43. The maximum atomic E-state index is 13.4. The molecular weight excluding hydrogens is 299 g/mol. The molecular formula is C13H11FN2O6. The quantitative estimate of drug-likeness (QED) is 0.298. The zero-order chi connectivity index (χ0) is 16.5. The first kappa shape index (κ1) is 15.4. The fraction of sp³-hybridized carbons (Fsp3) is 0.231. The molecule has 0 aromatic heterocycles. The minimum atomic E-state index is -1.36. The number of carbonyl (C=O) groups is 2. The second-order valence-electron chi connectivity index (χ2n) is 4.80. The molecule has 116 valence electrons. The molecule has 0 saturated carbocycles. The molecule has 0 amide bonds. The van der Waals surface area contributed by atoms with Gasteiger partial charge in [0, 0.05) is 37.9 Å². The predicted molar refractivity (Wildman–Crippen MR) is 71.0 cm³/mol. The predicted octanol–water partition coefficient (Wildman–Crippen LogP) is 1.87. The summed E-state index contributed by atoms with van der Waals surface area (Å²) in [4.78, 5) is 32.9. The van der Waals surface area contributed by atoms with E-state index in [4.69, 9.17) is 9.47 Å². The number of anilines is 1. The molecule has 8 nitrogen and oxygen atoms in total. The first-order valence-electron chi connectivity index (χ1n) is 6.07. The van der Waals surface area contributed by atoms with Gasteiger partial charge in [0.05, 0.1) is 4.92 Å². The highest BCUT2D eigenvalue weighted by Gasteiger charge is 2.38. The molecule has 2 rings (SSSR count). The Labute approximate surface area is 123 Å². The van der Waals surface area contributed by atoms with Gasteiger partial charge in [-0.2, -0.15) is 4.39 Å². The van der Waals surface area contributed by atoms with Crippen molar-refractivity contribution in [2.45, 2.75) is 19.6 Å². The molecule has 0 unspecified atom stereocenters. The van der Waals surface area contributed by atoms with Crippen LogP contribution in [0.2, 0.25) is 0 Å². The number of nitro benzene ring substituents is 1. The number of nitrogens with zero attached hydrogens (tertiary/aromatic N) is 1. The molecule has 22 heavy (non-hydrogen) atoms. The molecule has 1 fully saturated rings. The molecule has 1 aromatic carbocycles. The summed E-state index contributed by atoms with van der Waals surface area (Å²) in [7, 11) is 0. The van der Waals surface area contributed by atoms with E-state index in [2.05, 4.69) is 5.32 Å². The lowest BCUT2D eigenvalue weighted by Crippen LogP contribution is -2.42. The van der Waals surface area contributed by atoms with Gasteiger partial charge in [-0.15, -0.1) is 0 Å². The van der Waals surface area contributed by atoms with E-state index >= 15 is 0 Å². The van der Waals surface area contributed by atoms with Gasteiger partial charge in [0.15, 0.2) is 5.57 Å². The summed E-state index contributed by atoms with van der Waals surface area (Å²) >= 11 is 0. The number of halogens is 1. The Morgan fingerprint density at radius 2 is 1.86 bits per heavy atom. The summed E-state index contributed by atoms with van der Waals surface area (Å²) in [5, 5.41) is 13.0. The third-order valence-electron chi connectivity index (χ3n) is 2.64. The highest BCUT2D eigenvalue weighted by atomic mass is 19.1. The third-order valence-corrected chi connectivity index (χ3v) is 2.64. The van der Waals surface area contributed by atoms with Crippen molar-refractivity contribution >= 4 is 23.3 Å². The van der Waals surface area contributed by atoms with Crippen LogP contribution in [0.25, 0.3) is 0 Å². The highest BCUT2D eigenvalue weighted by molar-refractivity contribution is 6.15. The molecule has 1 aliphatic heterocycles. The zero-order valence-corrected chi connectivity index (χ0v) is 11.6. The third kappa shape index (κ3) is 3.19. The summed E-state index contributed by atoms with van der Waals surface area (Å²) in [6.45, 7) is 2.80. The summed E-state index contributed by atoms with van der Waals surface area (Å²) < 4.78 is 23.2. The molecule has 1 saturated heterocycles. The molecule has 1 heterocycles. The summed E-state index contributed by atoms with van der Waals surface area (Å²) in [6.07, 6.45) is 0.987. The molecule has 1 aromatic rings. The Hall–Kier alpha value is -2.97. The monoisotopic (exact) mass is 310 g/mol. The van der Waals surface area contributed by atoms with Gasteiger partial charge < -0.3 is 14.8 Å². The van der Waals surface area contributed by atoms with Crippen LogP contribution in [0.1, 0.15) is 13.8 Å². The zero-order valence-electron chi connectivity index (χ0n) is 11.6. The molecule has 0 bridgehead atoms. The van der Waals surface area contributed by atoms with Crippen molar-refractivity contribution in [3.05, 3.63) is 45.9 Å². The lowest BCUT2D eigenvalue weighted by atomic mass is 10.2. The van der Waals surface area contributed by atoms with E-state index in [1.54, 1.807) is 0 Å². The molecule has 0 spiro atoms. The lowest BCUT2D eigenvalue weighted by molar-refractivity contribution is -0.387. The average Bonchev–Trinajstić information content (AvgIpc) is 2.35. The van der Waals surface area contributed by atoms with E-state index < -0.39 is 39.7 Å². The number of hydrogen-bond donors (Lipinski definition) is 1. The van der Waals surface area contributed by atoms with E-state index in [1.807, 2.05) is 0 Å². The number of rotatable bonds is 3. The Balaban J connectivity index is 2.18. The standard InChI is InChI=1S/C13H11FN2O6/c1-13(2)21-11(17)8(12(18)22-13)6-15-7-3-4-10(16(19)20)9(14)5-7/h3-6,15H,1-2H3. The normalized spacial score (nSPS) is 16.6. The maximum absolute atomic E-state index is 13.4. The van der Waals surface area contributed by atoms with Gasteiger partial charge in [-0.05, 0) is 6.07 Å². The number of ether oxygens (including phenoxy) is 2. The Kier molecular flexibility index (Phi) is 3.81.